The Morgan fingerprint density at radius 3 is 2.54 bits per heavy atom. The van der Waals surface area contributed by atoms with Crippen molar-refractivity contribution >= 4 is 11.9 Å². The third kappa shape index (κ3) is 10.3. The van der Waals surface area contributed by atoms with Crippen LogP contribution in [0.3, 0.4) is 0 Å². The van der Waals surface area contributed by atoms with Gasteiger partial charge in [0.15, 0.2) is 5.96 Å². The molecule has 0 aromatic heterocycles. The van der Waals surface area contributed by atoms with Gasteiger partial charge in [-0.15, -0.1) is 0 Å². The summed E-state index contributed by atoms with van der Waals surface area (Å²) in [6.07, 6.45) is 1.02. The lowest BCUT2D eigenvalue weighted by molar-refractivity contribution is -0.130. The van der Waals surface area contributed by atoms with Gasteiger partial charge < -0.3 is 25.2 Å². The molecule has 0 saturated heterocycles. The maximum Gasteiger partial charge on any atom is 0.244 e. The van der Waals surface area contributed by atoms with Crippen LogP contribution in [-0.2, 0) is 16.1 Å². The molecule has 0 aliphatic heterocycles. The SMILES string of the molecule is CCNC(=NCC(=O)N(CC)Cc1ccccc1)NCCN(C)CCCOC. The van der Waals surface area contributed by atoms with Gasteiger partial charge in [-0.2, -0.15) is 0 Å². The van der Waals surface area contributed by atoms with Gasteiger partial charge in [0.1, 0.15) is 6.54 Å². The van der Waals surface area contributed by atoms with Gasteiger partial charge in [0, 0.05) is 53.0 Å². The normalized spacial score (nSPS) is 11.5. The Balaban J connectivity index is 2.47. The van der Waals surface area contributed by atoms with Crippen LogP contribution < -0.4 is 10.6 Å². The smallest absolute Gasteiger partial charge is 0.244 e. The molecular formula is C21H37N5O2. The highest BCUT2D eigenvalue weighted by atomic mass is 16.5. The molecule has 0 fully saturated rings. The molecule has 0 aliphatic carbocycles. The van der Waals surface area contributed by atoms with Crippen LogP contribution in [0.15, 0.2) is 35.3 Å². The molecule has 0 heterocycles. The first-order chi connectivity index (χ1) is 13.6. The number of aliphatic imine (C=N–C) groups is 1. The summed E-state index contributed by atoms with van der Waals surface area (Å²) in [5, 5.41) is 6.50. The summed E-state index contributed by atoms with van der Waals surface area (Å²) >= 11 is 0. The van der Waals surface area contributed by atoms with E-state index in [1.807, 2.05) is 49.1 Å². The van der Waals surface area contributed by atoms with Crippen LogP contribution in [0.2, 0.25) is 0 Å². The number of ether oxygens (including phenoxy) is 1. The van der Waals surface area contributed by atoms with E-state index in [1.54, 1.807) is 7.11 Å². The lowest BCUT2D eigenvalue weighted by Crippen LogP contribution is -2.42. The van der Waals surface area contributed by atoms with Crippen molar-refractivity contribution in [3.05, 3.63) is 35.9 Å². The lowest BCUT2D eigenvalue weighted by atomic mass is 10.2. The molecule has 7 nitrogen and oxygen atoms in total. The molecule has 0 spiro atoms. The minimum atomic E-state index is 0.0280. The van der Waals surface area contributed by atoms with Gasteiger partial charge in [0.05, 0.1) is 0 Å². The standard InChI is InChI=1S/C21H37N5O2/c1-5-22-21(23-13-15-25(3)14-10-16-28-4)24-17-20(27)26(6-2)18-19-11-8-7-9-12-19/h7-9,11-12H,5-6,10,13-18H2,1-4H3,(H2,22,23,24). The zero-order valence-corrected chi connectivity index (χ0v) is 17.9. The fourth-order valence-electron chi connectivity index (χ4n) is 2.72. The molecule has 28 heavy (non-hydrogen) atoms. The maximum atomic E-state index is 12.6. The minimum absolute atomic E-state index is 0.0280. The zero-order valence-electron chi connectivity index (χ0n) is 17.9. The predicted octanol–water partition coefficient (Wildman–Crippen LogP) is 1.56. The van der Waals surface area contributed by atoms with E-state index in [-0.39, 0.29) is 12.5 Å². The number of amides is 1. The van der Waals surface area contributed by atoms with Crippen LogP contribution in [0.1, 0.15) is 25.8 Å². The number of guanidine groups is 1. The van der Waals surface area contributed by atoms with Crippen molar-refractivity contribution in [2.24, 2.45) is 4.99 Å². The fourth-order valence-corrected chi connectivity index (χ4v) is 2.72. The molecule has 158 valence electrons. The third-order valence-corrected chi connectivity index (χ3v) is 4.34. The van der Waals surface area contributed by atoms with E-state index in [4.69, 9.17) is 4.74 Å². The molecule has 0 saturated carbocycles. The summed E-state index contributed by atoms with van der Waals surface area (Å²) in [6.45, 7) is 9.62. The highest BCUT2D eigenvalue weighted by molar-refractivity contribution is 5.84. The molecule has 1 aromatic rings. The predicted molar refractivity (Wildman–Crippen MR) is 116 cm³/mol. The summed E-state index contributed by atoms with van der Waals surface area (Å²) in [7, 11) is 3.81. The van der Waals surface area contributed by atoms with Gasteiger partial charge >= 0.3 is 0 Å². The monoisotopic (exact) mass is 391 g/mol. The fraction of sp³-hybridized carbons (Fsp3) is 0.619. The summed E-state index contributed by atoms with van der Waals surface area (Å²) in [5.41, 5.74) is 1.13. The summed E-state index contributed by atoms with van der Waals surface area (Å²) < 4.78 is 5.08. The zero-order chi connectivity index (χ0) is 20.6. The van der Waals surface area contributed by atoms with Crippen LogP contribution in [0.5, 0.6) is 0 Å². The Morgan fingerprint density at radius 2 is 1.89 bits per heavy atom. The number of nitrogens with one attached hydrogen (secondary N) is 2. The third-order valence-electron chi connectivity index (χ3n) is 4.34. The van der Waals surface area contributed by atoms with E-state index in [1.165, 1.54) is 0 Å². The van der Waals surface area contributed by atoms with Gasteiger partial charge in [0.25, 0.3) is 0 Å². The minimum Gasteiger partial charge on any atom is -0.385 e. The van der Waals surface area contributed by atoms with Gasteiger partial charge in [-0.25, -0.2) is 4.99 Å². The van der Waals surface area contributed by atoms with Crippen molar-refractivity contribution in [1.82, 2.24) is 20.4 Å². The summed E-state index contributed by atoms with van der Waals surface area (Å²) in [4.78, 5) is 21.1. The van der Waals surface area contributed by atoms with E-state index in [0.717, 1.165) is 44.8 Å². The molecule has 2 N–H and O–H groups in total. The average Bonchev–Trinajstić information content (AvgIpc) is 2.71. The van der Waals surface area contributed by atoms with Crippen LogP contribution in [-0.4, -0.2) is 81.7 Å². The number of hydrogen-bond donors (Lipinski definition) is 2. The highest BCUT2D eigenvalue weighted by Crippen LogP contribution is 2.04. The van der Waals surface area contributed by atoms with E-state index in [2.05, 4.69) is 27.6 Å². The quantitative estimate of drug-likeness (QED) is 0.303. The summed E-state index contributed by atoms with van der Waals surface area (Å²) in [5.74, 6) is 0.706. The van der Waals surface area contributed by atoms with Crippen molar-refractivity contribution in [3.8, 4) is 0 Å². The Bertz CT molecular complexity index is 565. The molecule has 1 amide bonds. The second kappa shape index (κ2) is 14.9. The highest BCUT2D eigenvalue weighted by Gasteiger charge is 2.12. The van der Waals surface area contributed by atoms with E-state index in [9.17, 15) is 4.79 Å². The topological polar surface area (TPSA) is 69.2 Å². The number of likely N-dealkylation sites (N-methyl/N-ethyl adjacent to an activating group) is 2. The Morgan fingerprint density at radius 1 is 1.14 bits per heavy atom. The number of hydrogen-bond acceptors (Lipinski definition) is 4. The molecule has 0 aliphatic rings. The molecular weight excluding hydrogens is 354 g/mol. The van der Waals surface area contributed by atoms with Crippen LogP contribution in [0.4, 0.5) is 0 Å². The van der Waals surface area contributed by atoms with Crippen LogP contribution in [0.25, 0.3) is 0 Å². The van der Waals surface area contributed by atoms with E-state index in [0.29, 0.717) is 19.0 Å². The molecule has 1 rings (SSSR count). The van der Waals surface area contributed by atoms with Crippen molar-refractivity contribution in [2.75, 3.05) is 60.0 Å². The van der Waals surface area contributed by atoms with Crippen molar-refractivity contribution < 1.29 is 9.53 Å². The molecule has 7 heteroatoms. The molecule has 0 radical (unpaired) electrons. The van der Waals surface area contributed by atoms with E-state index >= 15 is 0 Å². The lowest BCUT2D eigenvalue weighted by Gasteiger charge is -2.21. The first-order valence-electron chi connectivity index (χ1n) is 10.1. The first-order valence-corrected chi connectivity index (χ1v) is 10.1. The number of benzene rings is 1. The van der Waals surface area contributed by atoms with Crippen molar-refractivity contribution in [3.63, 3.8) is 0 Å². The molecule has 0 atom stereocenters. The number of nitrogens with zero attached hydrogens (tertiary/aromatic N) is 3. The van der Waals surface area contributed by atoms with Crippen LogP contribution in [0, 0.1) is 0 Å². The number of carbonyl (C=O) groups excluding carboxylic acids is 1. The largest absolute Gasteiger partial charge is 0.385 e. The van der Waals surface area contributed by atoms with Crippen molar-refractivity contribution in [2.45, 2.75) is 26.8 Å². The maximum absolute atomic E-state index is 12.6. The first kappa shape index (κ1) is 23.9. The van der Waals surface area contributed by atoms with Gasteiger partial charge in [0.2, 0.25) is 5.91 Å². The molecule has 0 bridgehead atoms. The Kier molecular flexibility index (Phi) is 12.7. The number of carbonyl (C=O) groups is 1. The number of methoxy groups -OCH3 is 1. The number of rotatable bonds is 13. The van der Waals surface area contributed by atoms with Crippen molar-refractivity contribution in [1.29, 1.82) is 0 Å². The van der Waals surface area contributed by atoms with Gasteiger partial charge in [-0.05, 0) is 32.9 Å². The average molecular weight is 392 g/mol. The summed E-state index contributed by atoms with van der Waals surface area (Å²) in [6, 6.07) is 10.0. The molecule has 0 unspecified atom stereocenters. The van der Waals surface area contributed by atoms with Gasteiger partial charge in [-0.1, -0.05) is 30.3 Å². The van der Waals surface area contributed by atoms with E-state index < -0.39 is 0 Å². The molecule has 1 aromatic carbocycles. The van der Waals surface area contributed by atoms with Gasteiger partial charge in [-0.3, -0.25) is 4.79 Å². The Hall–Kier alpha value is -2.12. The second-order valence-corrected chi connectivity index (χ2v) is 6.67. The second-order valence-electron chi connectivity index (χ2n) is 6.67. The van der Waals surface area contributed by atoms with Crippen LogP contribution >= 0.6 is 0 Å². The Labute approximate surface area is 170 Å².